The minimum atomic E-state index is -4.57. The number of hydrogen-bond acceptors (Lipinski definition) is 3. The number of carbonyl (C=O) groups excluding carboxylic acids is 1. The molecule has 2 atom stereocenters. The van der Waals surface area contributed by atoms with Gasteiger partial charge >= 0.3 is 6.18 Å². The Labute approximate surface area is 162 Å². The summed E-state index contributed by atoms with van der Waals surface area (Å²) in [5.41, 5.74) is -0.111. The number of piperidine rings is 2. The zero-order valence-corrected chi connectivity index (χ0v) is 15.5. The number of halogens is 3. The van der Waals surface area contributed by atoms with E-state index in [2.05, 4.69) is 22.0 Å². The summed E-state index contributed by atoms with van der Waals surface area (Å²) in [5.74, 6) is -0.845. The molecule has 0 amide bonds. The Morgan fingerprint density at radius 3 is 2.36 bits per heavy atom. The van der Waals surface area contributed by atoms with Gasteiger partial charge in [-0.1, -0.05) is 36.8 Å². The number of hydrogen-bond donors (Lipinski definition) is 0. The number of Topliss-reactive ketones (excluding diaryl/α,β-unsaturated/α-hetero) is 1. The van der Waals surface area contributed by atoms with Gasteiger partial charge in [-0.3, -0.25) is 14.7 Å². The molecule has 0 radical (unpaired) electrons. The predicted octanol–water partition coefficient (Wildman–Crippen LogP) is 5.12. The molecule has 28 heavy (non-hydrogen) atoms. The van der Waals surface area contributed by atoms with Gasteiger partial charge in [0.05, 0.1) is 5.56 Å². The number of fused-ring (bicyclic) bond motifs is 2. The van der Waals surface area contributed by atoms with Gasteiger partial charge in [0.1, 0.15) is 5.69 Å². The zero-order chi connectivity index (χ0) is 19.7. The minimum absolute atomic E-state index is 0.236. The summed E-state index contributed by atoms with van der Waals surface area (Å²) in [4.78, 5) is 19.3. The van der Waals surface area contributed by atoms with Crippen LogP contribution < -0.4 is 0 Å². The van der Waals surface area contributed by atoms with Crippen molar-refractivity contribution < 1.29 is 18.0 Å². The van der Waals surface area contributed by atoms with E-state index in [-0.39, 0.29) is 12.1 Å². The molecule has 0 N–H and O–H groups in total. The monoisotopic (exact) mass is 388 g/mol. The van der Waals surface area contributed by atoms with Gasteiger partial charge < -0.3 is 0 Å². The van der Waals surface area contributed by atoms with E-state index in [4.69, 9.17) is 0 Å². The summed E-state index contributed by atoms with van der Waals surface area (Å²) in [5, 5.41) is 0. The van der Waals surface area contributed by atoms with Crippen LogP contribution in [0.15, 0.2) is 48.7 Å². The lowest BCUT2D eigenvalue weighted by atomic mass is 9.75. The topological polar surface area (TPSA) is 33.2 Å². The van der Waals surface area contributed by atoms with Crippen molar-refractivity contribution >= 4 is 5.78 Å². The molecule has 1 aromatic carbocycles. The quantitative estimate of drug-likeness (QED) is 0.682. The van der Waals surface area contributed by atoms with Gasteiger partial charge in [-0.25, -0.2) is 0 Å². The van der Waals surface area contributed by atoms with E-state index in [1.165, 1.54) is 17.8 Å². The van der Waals surface area contributed by atoms with E-state index in [0.29, 0.717) is 12.8 Å². The molecule has 0 spiro atoms. The number of nitrogens with zero attached hydrogens (tertiary/aromatic N) is 2. The molecule has 4 rings (SSSR count). The lowest BCUT2D eigenvalue weighted by molar-refractivity contribution is -0.138. The lowest BCUT2D eigenvalue weighted by Crippen LogP contribution is -2.52. The SMILES string of the molecule is O=C(c1ncccc1C(F)(F)F)C1CC2CCCC(C1)N2Cc1ccccc1. The third-order valence-corrected chi connectivity index (χ3v) is 6.05. The molecule has 3 nitrogen and oxygen atoms in total. The second kappa shape index (κ2) is 7.66. The molecule has 2 fully saturated rings. The molecular weight excluding hydrogens is 365 g/mol. The fourth-order valence-corrected chi connectivity index (χ4v) is 4.77. The molecule has 2 unspecified atom stereocenters. The number of pyridine rings is 1. The fraction of sp³-hybridized carbons (Fsp3) is 0.455. The zero-order valence-electron chi connectivity index (χ0n) is 15.5. The van der Waals surface area contributed by atoms with Crippen LogP contribution in [0.3, 0.4) is 0 Å². The van der Waals surface area contributed by atoms with E-state index in [1.807, 2.05) is 18.2 Å². The van der Waals surface area contributed by atoms with Crippen molar-refractivity contribution in [2.45, 2.75) is 56.9 Å². The fourth-order valence-electron chi connectivity index (χ4n) is 4.77. The lowest BCUT2D eigenvalue weighted by Gasteiger charge is -2.48. The van der Waals surface area contributed by atoms with Gasteiger partial charge in [-0.05, 0) is 43.4 Å². The van der Waals surface area contributed by atoms with Crippen molar-refractivity contribution in [3.63, 3.8) is 0 Å². The van der Waals surface area contributed by atoms with Gasteiger partial charge in [0.25, 0.3) is 0 Å². The summed E-state index contributed by atoms with van der Waals surface area (Å²) in [7, 11) is 0. The van der Waals surface area contributed by atoms with Crippen molar-refractivity contribution in [2.24, 2.45) is 5.92 Å². The van der Waals surface area contributed by atoms with E-state index in [9.17, 15) is 18.0 Å². The summed E-state index contributed by atoms with van der Waals surface area (Å²) in [6.45, 7) is 0.828. The summed E-state index contributed by atoms with van der Waals surface area (Å²) >= 11 is 0. The van der Waals surface area contributed by atoms with Crippen LogP contribution in [0, 0.1) is 5.92 Å². The van der Waals surface area contributed by atoms with Crippen LogP contribution >= 0.6 is 0 Å². The Kier molecular flexibility index (Phi) is 5.23. The standard InChI is InChI=1S/C22H23F3N2O/c23-22(24,25)19-10-5-11-26-20(19)21(28)16-12-17-8-4-9-18(13-16)27(17)14-15-6-2-1-3-7-15/h1-3,5-7,10-11,16-18H,4,8-9,12-14H2. The molecule has 0 aliphatic carbocycles. The molecule has 2 saturated heterocycles. The second-order valence-electron chi connectivity index (χ2n) is 7.83. The number of carbonyl (C=O) groups is 1. The Morgan fingerprint density at radius 1 is 1.04 bits per heavy atom. The molecule has 6 heteroatoms. The van der Waals surface area contributed by atoms with Crippen LogP contribution in [0.1, 0.15) is 53.7 Å². The van der Waals surface area contributed by atoms with Gasteiger partial charge in [0.2, 0.25) is 0 Å². The molecule has 3 heterocycles. The normalized spacial score (nSPS) is 25.5. The smallest absolute Gasteiger partial charge is 0.293 e. The van der Waals surface area contributed by atoms with Crippen LogP contribution in [0.25, 0.3) is 0 Å². The van der Waals surface area contributed by atoms with Crippen LogP contribution in [0.4, 0.5) is 13.2 Å². The maximum atomic E-state index is 13.3. The Balaban J connectivity index is 1.54. The van der Waals surface area contributed by atoms with Crippen molar-refractivity contribution in [1.82, 2.24) is 9.88 Å². The molecule has 2 aliphatic heterocycles. The van der Waals surface area contributed by atoms with E-state index >= 15 is 0 Å². The predicted molar refractivity (Wildman–Crippen MR) is 99.7 cm³/mol. The van der Waals surface area contributed by atoms with Gasteiger partial charge in [0, 0.05) is 30.7 Å². The number of ketones is 1. The average molecular weight is 388 g/mol. The van der Waals surface area contributed by atoms with E-state index in [1.54, 1.807) is 0 Å². The first-order chi connectivity index (χ1) is 13.4. The first kappa shape index (κ1) is 19.1. The summed E-state index contributed by atoms with van der Waals surface area (Å²) in [6.07, 6.45) is 1.00. The van der Waals surface area contributed by atoms with Gasteiger partial charge in [-0.2, -0.15) is 13.2 Å². The molecule has 148 valence electrons. The Morgan fingerprint density at radius 2 is 1.71 bits per heavy atom. The average Bonchev–Trinajstić information content (AvgIpc) is 2.67. The number of aromatic nitrogens is 1. The highest BCUT2D eigenvalue weighted by Crippen LogP contribution is 2.40. The molecule has 0 saturated carbocycles. The number of benzene rings is 1. The molecule has 2 bridgehead atoms. The highest BCUT2D eigenvalue weighted by Gasteiger charge is 2.43. The first-order valence-electron chi connectivity index (χ1n) is 9.79. The number of rotatable bonds is 4. The van der Waals surface area contributed by atoms with Crippen LogP contribution in [-0.2, 0) is 12.7 Å². The summed E-state index contributed by atoms with van der Waals surface area (Å²) < 4.78 is 39.9. The minimum Gasteiger partial charge on any atom is -0.293 e. The van der Waals surface area contributed by atoms with Crippen LogP contribution in [-0.4, -0.2) is 27.8 Å². The molecule has 2 aliphatic rings. The van der Waals surface area contributed by atoms with Crippen molar-refractivity contribution in [1.29, 1.82) is 0 Å². The maximum Gasteiger partial charge on any atom is 0.418 e. The third kappa shape index (κ3) is 3.83. The van der Waals surface area contributed by atoms with Crippen LogP contribution in [0.5, 0.6) is 0 Å². The summed E-state index contributed by atoms with van der Waals surface area (Å²) in [6, 6.07) is 12.9. The molecular formula is C22H23F3N2O. The maximum absolute atomic E-state index is 13.3. The van der Waals surface area contributed by atoms with Gasteiger partial charge in [0.15, 0.2) is 5.78 Å². The van der Waals surface area contributed by atoms with E-state index < -0.39 is 29.1 Å². The van der Waals surface area contributed by atoms with Crippen molar-refractivity contribution in [3.05, 3.63) is 65.5 Å². The van der Waals surface area contributed by atoms with Gasteiger partial charge in [-0.15, -0.1) is 0 Å². The number of alkyl halides is 3. The van der Waals surface area contributed by atoms with Crippen molar-refractivity contribution in [2.75, 3.05) is 0 Å². The van der Waals surface area contributed by atoms with Crippen molar-refractivity contribution in [3.8, 4) is 0 Å². The highest BCUT2D eigenvalue weighted by molar-refractivity contribution is 5.97. The second-order valence-corrected chi connectivity index (χ2v) is 7.83. The Bertz CT molecular complexity index is 823. The molecule has 1 aromatic heterocycles. The Hall–Kier alpha value is -2.21. The first-order valence-corrected chi connectivity index (χ1v) is 9.79. The molecule has 2 aromatic rings. The highest BCUT2D eigenvalue weighted by atomic mass is 19.4. The van der Waals surface area contributed by atoms with E-state index in [0.717, 1.165) is 31.9 Å². The third-order valence-electron chi connectivity index (χ3n) is 6.05. The largest absolute Gasteiger partial charge is 0.418 e. The van der Waals surface area contributed by atoms with Crippen LogP contribution in [0.2, 0.25) is 0 Å².